The normalized spacial score (nSPS) is 17.7. The highest BCUT2D eigenvalue weighted by molar-refractivity contribution is 7.92. The minimum absolute atomic E-state index is 0.187. The van der Waals surface area contributed by atoms with E-state index in [1.165, 1.54) is 0 Å². The highest BCUT2D eigenvalue weighted by Gasteiger charge is 2.32. The Labute approximate surface area is 256 Å². The number of benzene rings is 3. The predicted molar refractivity (Wildman–Crippen MR) is 167 cm³/mol. The van der Waals surface area contributed by atoms with Gasteiger partial charge in [0.05, 0.1) is 33.7 Å². The van der Waals surface area contributed by atoms with Crippen LogP contribution in [0, 0.1) is 0 Å². The van der Waals surface area contributed by atoms with E-state index >= 15 is 0 Å². The summed E-state index contributed by atoms with van der Waals surface area (Å²) in [6.07, 6.45) is 1.91. The molecular weight excluding hydrogens is 597 g/mol. The maximum atomic E-state index is 13.9. The van der Waals surface area contributed by atoms with Crippen LogP contribution in [0.15, 0.2) is 66.7 Å². The van der Waals surface area contributed by atoms with E-state index in [1.54, 1.807) is 35.2 Å². The summed E-state index contributed by atoms with van der Waals surface area (Å²) >= 11 is 12.4. The lowest BCUT2D eigenvalue weighted by atomic mass is 9.95. The van der Waals surface area contributed by atoms with Crippen LogP contribution in [0.2, 0.25) is 10.0 Å². The monoisotopic (exact) mass is 629 g/mol. The molecule has 0 radical (unpaired) electrons. The van der Waals surface area contributed by atoms with E-state index in [9.17, 15) is 18.0 Å². The maximum absolute atomic E-state index is 13.9. The molecule has 3 aromatic carbocycles. The highest BCUT2D eigenvalue weighted by atomic mass is 35.5. The third-order valence-corrected chi connectivity index (χ3v) is 8.90. The summed E-state index contributed by atoms with van der Waals surface area (Å²) in [7, 11) is -3.45. The number of fused-ring (bicyclic) bond motifs is 1. The number of halogens is 2. The van der Waals surface area contributed by atoms with Gasteiger partial charge in [0.1, 0.15) is 6.04 Å². The largest absolute Gasteiger partial charge is 0.366 e. The number of amides is 2. The number of hydrogen-bond acceptors (Lipinski definition) is 6. The van der Waals surface area contributed by atoms with Crippen molar-refractivity contribution in [2.45, 2.75) is 31.5 Å². The average Bonchev–Trinajstić information content (AvgIpc) is 2.97. The highest BCUT2D eigenvalue weighted by Crippen LogP contribution is 2.28. The van der Waals surface area contributed by atoms with Crippen LogP contribution in [0.1, 0.15) is 16.7 Å². The standard InChI is InChI=1S/C30H33Cl2N5O4S/c1-42(40,41)35-25-8-4-5-9-28(25)36-12-14-37(15-13-36)30(39)27(17-20-10-11-23(31)24(32)16-20)34-29(38)26-18-21-6-2-3-7-22(21)19-33-26/h2-11,16,26-27,33,35H,12-15,17-19H2,1H3,(H,34,38)/t26-,27+/m0/s1. The molecule has 3 aromatic rings. The predicted octanol–water partition coefficient (Wildman–Crippen LogP) is 3.46. The molecule has 2 aliphatic rings. The lowest BCUT2D eigenvalue weighted by Gasteiger charge is -2.38. The first-order valence-electron chi connectivity index (χ1n) is 13.7. The van der Waals surface area contributed by atoms with Crippen molar-refractivity contribution >= 4 is 56.4 Å². The van der Waals surface area contributed by atoms with Crippen molar-refractivity contribution in [3.63, 3.8) is 0 Å². The summed E-state index contributed by atoms with van der Waals surface area (Å²) in [5.41, 5.74) is 4.30. The number of sulfonamides is 1. The quantitative estimate of drug-likeness (QED) is 0.352. The van der Waals surface area contributed by atoms with Gasteiger partial charge in [0, 0.05) is 39.1 Å². The Kier molecular flexibility index (Phi) is 9.27. The zero-order valence-corrected chi connectivity index (χ0v) is 25.5. The molecule has 9 nitrogen and oxygen atoms in total. The van der Waals surface area contributed by atoms with Crippen molar-refractivity contribution in [2.24, 2.45) is 0 Å². The number of para-hydroxylation sites is 2. The van der Waals surface area contributed by atoms with Crippen LogP contribution in [0.5, 0.6) is 0 Å². The summed E-state index contributed by atoms with van der Waals surface area (Å²) in [5.74, 6) is -0.421. The maximum Gasteiger partial charge on any atom is 0.245 e. The molecule has 1 saturated heterocycles. The minimum atomic E-state index is -3.45. The molecule has 3 N–H and O–H groups in total. The molecular formula is C30H33Cl2N5O4S. The third-order valence-electron chi connectivity index (χ3n) is 7.57. The molecule has 0 saturated carbocycles. The van der Waals surface area contributed by atoms with Crippen LogP contribution in [-0.2, 0) is 39.0 Å². The number of carbonyl (C=O) groups excluding carboxylic acids is 2. The fourth-order valence-corrected chi connectivity index (χ4v) is 6.33. The summed E-state index contributed by atoms with van der Waals surface area (Å²) in [6, 6.07) is 19.1. The molecule has 0 aliphatic carbocycles. The van der Waals surface area contributed by atoms with E-state index in [1.807, 2.05) is 41.3 Å². The molecule has 2 heterocycles. The summed E-state index contributed by atoms with van der Waals surface area (Å²) in [5, 5.41) is 7.11. The van der Waals surface area contributed by atoms with Crippen LogP contribution in [0.4, 0.5) is 11.4 Å². The van der Waals surface area contributed by atoms with Gasteiger partial charge in [-0.15, -0.1) is 0 Å². The van der Waals surface area contributed by atoms with Gasteiger partial charge in [0.15, 0.2) is 0 Å². The first kappa shape index (κ1) is 30.2. The second-order valence-corrected chi connectivity index (χ2v) is 13.2. The second-order valence-electron chi connectivity index (χ2n) is 10.6. The molecule has 222 valence electrons. The first-order chi connectivity index (χ1) is 20.1. The van der Waals surface area contributed by atoms with Crippen molar-refractivity contribution in [1.82, 2.24) is 15.5 Å². The molecule has 0 aromatic heterocycles. The van der Waals surface area contributed by atoms with E-state index in [0.29, 0.717) is 54.9 Å². The number of carbonyl (C=O) groups is 2. The molecule has 2 amide bonds. The molecule has 2 atom stereocenters. The van der Waals surface area contributed by atoms with Crippen LogP contribution in [0.3, 0.4) is 0 Å². The number of nitrogens with one attached hydrogen (secondary N) is 3. The van der Waals surface area contributed by atoms with Gasteiger partial charge in [-0.3, -0.25) is 14.3 Å². The smallest absolute Gasteiger partial charge is 0.245 e. The van der Waals surface area contributed by atoms with Gasteiger partial charge < -0.3 is 20.4 Å². The van der Waals surface area contributed by atoms with E-state index in [-0.39, 0.29) is 18.2 Å². The molecule has 12 heteroatoms. The summed E-state index contributed by atoms with van der Waals surface area (Å²) in [4.78, 5) is 31.1. The average molecular weight is 631 g/mol. The van der Waals surface area contributed by atoms with Crippen LogP contribution in [-0.4, -0.2) is 69.7 Å². The topological polar surface area (TPSA) is 111 Å². The zero-order chi connectivity index (χ0) is 29.9. The van der Waals surface area contributed by atoms with Crippen LogP contribution >= 0.6 is 23.2 Å². The summed E-state index contributed by atoms with van der Waals surface area (Å²) in [6.45, 7) is 2.41. The number of anilines is 2. The fraction of sp³-hybridized carbons (Fsp3) is 0.333. The lowest BCUT2D eigenvalue weighted by Crippen LogP contribution is -2.58. The van der Waals surface area contributed by atoms with Gasteiger partial charge in [0.25, 0.3) is 0 Å². The van der Waals surface area contributed by atoms with Gasteiger partial charge in [-0.05, 0) is 47.4 Å². The Balaban J connectivity index is 1.30. The minimum Gasteiger partial charge on any atom is -0.366 e. The zero-order valence-electron chi connectivity index (χ0n) is 23.1. The molecule has 2 aliphatic heterocycles. The molecule has 5 rings (SSSR count). The number of rotatable bonds is 8. The Morgan fingerprint density at radius 3 is 2.36 bits per heavy atom. The number of piperazine rings is 1. The Morgan fingerprint density at radius 1 is 0.952 bits per heavy atom. The van der Waals surface area contributed by atoms with Gasteiger partial charge in [0.2, 0.25) is 21.8 Å². The lowest BCUT2D eigenvalue weighted by molar-refractivity contribution is -0.137. The van der Waals surface area contributed by atoms with Gasteiger partial charge in [-0.2, -0.15) is 0 Å². The molecule has 0 bridgehead atoms. The first-order valence-corrected chi connectivity index (χ1v) is 16.4. The number of hydrogen-bond donors (Lipinski definition) is 3. The van der Waals surface area contributed by atoms with Crippen molar-refractivity contribution in [1.29, 1.82) is 0 Å². The second kappa shape index (κ2) is 12.9. The fourth-order valence-electron chi connectivity index (χ4n) is 5.44. The molecule has 42 heavy (non-hydrogen) atoms. The Morgan fingerprint density at radius 2 is 1.64 bits per heavy atom. The van der Waals surface area contributed by atoms with E-state index < -0.39 is 22.1 Å². The third kappa shape index (κ3) is 7.36. The van der Waals surface area contributed by atoms with Gasteiger partial charge in [-0.25, -0.2) is 8.42 Å². The molecule has 0 spiro atoms. The van der Waals surface area contributed by atoms with E-state index in [0.717, 1.165) is 28.6 Å². The van der Waals surface area contributed by atoms with Crippen LogP contribution in [0.25, 0.3) is 0 Å². The summed E-state index contributed by atoms with van der Waals surface area (Å²) < 4.78 is 26.3. The number of nitrogens with zero attached hydrogens (tertiary/aromatic N) is 2. The van der Waals surface area contributed by atoms with Crippen LogP contribution < -0.4 is 20.3 Å². The molecule has 1 fully saturated rings. The van der Waals surface area contributed by atoms with E-state index in [2.05, 4.69) is 15.4 Å². The van der Waals surface area contributed by atoms with Gasteiger partial charge >= 0.3 is 0 Å². The van der Waals surface area contributed by atoms with Crippen molar-refractivity contribution in [3.05, 3.63) is 93.5 Å². The molecule has 0 unspecified atom stereocenters. The van der Waals surface area contributed by atoms with Crippen molar-refractivity contribution in [2.75, 3.05) is 42.1 Å². The Hall–Kier alpha value is -3.31. The van der Waals surface area contributed by atoms with Crippen molar-refractivity contribution < 1.29 is 18.0 Å². The van der Waals surface area contributed by atoms with E-state index in [4.69, 9.17) is 23.2 Å². The van der Waals surface area contributed by atoms with Gasteiger partial charge in [-0.1, -0.05) is 65.7 Å². The SMILES string of the molecule is CS(=O)(=O)Nc1ccccc1N1CCN(C(=O)[C@@H](Cc2ccc(Cl)c(Cl)c2)NC(=O)[C@@H]2Cc3ccccc3CN2)CC1. The Bertz CT molecular complexity index is 1580. The van der Waals surface area contributed by atoms with Crippen molar-refractivity contribution in [3.8, 4) is 0 Å².